The molecule has 0 unspecified atom stereocenters. The van der Waals surface area contributed by atoms with E-state index in [1.807, 2.05) is 6.07 Å². The van der Waals surface area contributed by atoms with E-state index in [9.17, 15) is 0 Å². The average molecular weight is 209 g/mol. The summed E-state index contributed by atoms with van der Waals surface area (Å²) in [6.45, 7) is 0. The molecule has 1 aromatic carbocycles. The molecule has 0 bridgehead atoms. The van der Waals surface area contributed by atoms with Gasteiger partial charge >= 0.3 is 0 Å². The number of hydrogen-bond acceptors (Lipinski definition) is 3. The smallest absolute Gasteiger partial charge is 0.106 e. The maximum Gasteiger partial charge on any atom is 0.106 e. The summed E-state index contributed by atoms with van der Waals surface area (Å²) in [5.41, 5.74) is 1.45. The Morgan fingerprint density at radius 3 is 2.64 bits per heavy atom. The van der Waals surface area contributed by atoms with E-state index in [1.165, 1.54) is 7.11 Å². The lowest BCUT2D eigenvalue weighted by Crippen LogP contribution is -1.99. The van der Waals surface area contributed by atoms with Crippen LogP contribution in [0.1, 0.15) is 12.0 Å². The molecule has 0 aliphatic carbocycles. The molecule has 0 aliphatic rings. The zero-order valence-corrected chi connectivity index (χ0v) is 8.45. The standard InChI is InChI=1S/C10H9ClN2O/c1-14-13-10(6-7-12)8-2-4-9(11)5-3-8/h2-5H,6H2,1H3/b13-10+. The second-order valence-electron chi connectivity index (χ2n) is 2.56. The summed E-state index contributed by atoms with van der Waals surface area (Å²) in [4.78, 5) is 4.65. The van der Waals surface area contributed by atoms with Gasteiger partial charge in [-0.1, -0.05) is 28.9 Å². The van der Waals surface area contributed by atoms with Crippen LogP contribution in [0.15, 0.2) is 29.4 Å². The van der Waals surface area contributed by atoms with Gasteiger partial charge in [0.05, 0.1) is 12.5 Å². The van der Waals surface area contributed by atoms with E-state index in [0.717, 1.165) is 5.56 Å². The van der Waals surface area contributed by atoms with Gasteiger partial charge in [0.2, 0.25) is 0 Å². The second kappa shape index (κ2) is 5.25. The van der Waals surface area contributed by atoms with Crippen molar-refractivity contribution in [2.75, 3.05) is 7.11 Å². The molecule has 72 valence electrons. The van der Waals surface area contributed by atoms with Crippen LogP contribution in [0.2, 0.25) is 5.02 Å². The molecule has 0 atom stereocenters. The highest BCUT2D eigenvalue weighted by Gasteiger charge is 2.03. The zero-order valence-electron chi connectivity index (χ0n) is 7.70. The third-order valence-electron chi connectivity index (χ3n) is 1.63. The SMILES string of the molecule is CO/N=C(\CC#N)c1ccc(Cl)cc1. The molecule has 0 saturated carbocycles. The fourth-order valence-corrected chi connectivity index (χ4v) is 1.14. The van der Waals surface area contributed by atoms with E-state index >= 15 is 0 Å². The van der Waals surface area contributed by atoms with Gasteiger partial charge in [-0.05, 0) is 12.1 Å². The van der Waals surface area contributed by atoms with Gasteiger partial charge in [0.15, 0.2) is 0 Å². The molecule has 3 nitrogen and oxygen atoms in total. The summed E-state index contributed by atoms with van der Waals surface area (Å²) in [5.74, 6) is 0. The molecule has 0 amide bonds. The van der Waals surface area contributed by atoms with Crippen molar-refractivity contribution in [2.24, 2.45) is 5.16 Å². The molecule has 4 heteroatoms. The Kier molecular flexibility index (Phi) is 3.96. The minimum absolute atomic E-state index is 0.218. The predicted octanol–water partition coefficient (Wildman–Crippen LogP) is 2.60. The highest BCUT2D eigenvalue weighted by molar-refractivity contribution is 6.30. The maximum atomic E-state index is 8.57. The topological polar surface area (TPSA) is 45.4 Å². The van der Waals surface area contributed by atoms with Gasteiger partial charge < -0.3 is 4.84 Å². The predicted molar refractivity (Wildman–Crippen MR) is 55.2 cm³/mol. The monoisotopic (exact) mass is 208 g/mol. The molecule has 0 heterocycles. The number of benzene rings is 1. The van der Waals surface area contributed by atoms with Crippen LogP contribution < -0.4 is 0 Å². The number of nitriles is 1. The number of halogens is 1. The highest BCUT2D eigenvalue weighted by atomic mass is 35.5. The average Bonchev–Trinajstić information content (AvgIpc) is 2.19. The third kappa shape index (κ3) is 2.75. The van der Waals surface area contributed by atoms with Gasteiger partial charge in [0.25, 0.3) is 0 Å². The van der Waals surface area contributed by atoms with Crippen LogP contribution in [0.3, 0.4) is 0 Å². The quantitative estimate of drug-likeness (QED) is 0.566. The summed E-state index contributed by atoms with van der Waals surface area (Å²) in [6.07, 6.45) is 0.218. The summed E-state index contributed by atoms with van der Waals surface area (Å²) >= 11 is 5.73. The highest BCUT2D eigenvalue weighted by Crippen LogP contribution is 2.11. The van der Waals surface area contributed by atoms with Crippen LogP contribution in [0.4, 0.5) is 0 Å². The lowest BCUT2D eigenvalue weighted by Gasteiger charge is -2.01. The van der Waals surface area contributed by atoms with Crippen molar-refractivity contribution in [1.29, 1.82) is 5.26 Å². The molecular weight excluding hydrogens is 200 g/mol. The van der Waals surface area contributed by atoms with Gasteiger partial charge in [-0.15, -0.1) is 0 Å². The summed E-state index contributed by atoms with van der Waals surface area (Å²) < 4.78 is 0. The van der Waals surface area contributed by atoms with Crippen molar-refractivity contribution < 1.29 is 4.84 Å². The number of oxime groups is 1. The van der Waals surface area contributed by atoms with Crippen molar-refractivity contribution in [2.45, 2.75) is 6.42 Å². The van der Waals surface area contributed by atoms with Gasteiger partial charge in [0.1, 0.15) is 12.8 Å². The Bertz CT molecular complexity index is 365. The first-order valence-electron chi connectivity index (χ1n) is 4.01. The van der Waals surface area contributed by atoms with E-state index in [2.05, 4.69) is 9.99 Å². The van der Waals surface area contributed by atoms with Gasteiger partial charge in [-0.2, -0.15) is 5.26 Å². The number of nitrogens with zero attached hydrogens (tertiary/aromatic N) is 2. The summed E-state index contributed by atoms with van der Waals surface area (Å²) in [6, 6.07) is 9.13. The van der Waals surface area contributed by atoms with Crippen LogP contribution in [-0.4, -0.2) is 12.8 Å². The molecule has 0 N–H and O–H groups in total. The van der Waals surface area contributed by atoms with Crippen LogP contribution in [-0.2, 0) is 4.84 Å². The minimum atomic E-state index is 0.218. The first-order chi connectivity index (χ1) is 6.77. The molecular formula is C10H9ClN2O. The zero-order chi connectivity index (χ0) is 10.4. The van der Waals surface area contributed by atoms with Gasteiger partial charge in [-0.25, -0.2) is 0 Å². The Morgan fingerprint density at radius 1 is 1.50 bits per heavy atom. The van der Waals surface area contributed by atoms with E-state index in [0.29, 0.717) is 10.7 Å². The largest absolute Gasteiger partial charge is 0.399 e. The summed E-state index contributed by atoms with van der Waals surface area (Å²) in [5, 5.41) is 13.0. The second-order valence-corrected chi connectivity index (χ2v) is 3.00. The van der Waals surface area contributed by atoms with Crippen molar-refractivity contribution in [3.8, 4) is 6.07 Å². The lowest BCUT2D eigenvalue weighted by atomic mass is 10.1. The Hall–Kier alpha value is -1.53. The first-order valence-corrected chi connectivity index (χ1v) is 4.38. The fraction of sp³-hybridized carbons (Fsp3) is 0.200. The van der Waals surface area contributed by atoms with Gasteiger partial charge in [0, 0.05) is 10.6 Å². The Balaban J connectivity index is 2.95. The first kappa shape index (κ1) is 10.6. The third-order valence-corrected chi connectivity index (χ3v) is 1.88. The Labute approximate surface area is 87.5 Å². The molecule has 0 saturated heterocycles. The van der Waals surface area contributed by atoms with Crippen LogP contribution in [0.5, 0.6) is 0 Å². The van der Waals surface area contributed by atoms with E-state index < -0.39 is 0 Å². The van der Waals surface area contributed by atoms with Crippen LogP contribution in [0, 0.1) is 11.3 Å². The molecule has 0 spiro atoms. The molecule has 0 aromatic heterocycles. The van der Waals surface area contributed by atoms with Crippen molar-refractivity contribution in [3.63, 3.8) is 0 Å². The Morgan fingerprint density at radius 2 is 2.14 bits per heavy atom. The number of hydrogen-bond donors (Lipinski definition) is 0. The van der Waals surface area contributed by atoms with Gasteiger partial charge in [-0.3, -0.25) is 0 Å². The molecule has 1 rings (SSSR count). The fourth-order valence-electron chi connectivity index (χ4n) is 1.01. The summed E-state index contributed by atoms with van der Waals surface area (Å²) in [7, 11) is 1.45. The normalized spacial score (nSPS) is 10.8. The molecule has 0 aliphatic heterocycles. The lowest BCUT2D eigenvalue weighted by molar-refractivity contribution is 0.213. The number of rotatable bonds is 3. The van der Waals surface area contributed by atoms with Crippen LogP contribution >= 0.6 is 11.6 Å². The van der Waals surface area contributed by atoms with E-state index in [4.69, 9.17) is 16.9 Å². The minimum Gasteiger partial charge on any atom is -0.399 e. The van der Waals surface area contributed by atoms with Crippen molar-refractivity contribution in [3.05, 3.63) is 34.9 Å². The molecule has 14 heavy (non-hydrogen) atoms. The van der Waals surface area contributed by atoms with E-state index in [-0.39, 0.29) is 6.42 Å². The van der Waals surface area contributed by atoms with Crippen LogP contribution in [0.25, 0.3) is 0 Å². The van der Waals surface area contributed by atoms with Crippen molar-refractivity contribution in [1.82, 2.24) is 0 Å². The molecule has 0 radical (unpaired) electrons. The molecule has 1 aromatic rings. The van der Waals surface area contributed by atoms with E-state index in [1.54, 1.807) is 24.3 Å². The van der Waals surface area contributed by atoms with Crippen molar-refractivity contribution >= 4 is 17.3 Å². The molecule has 0 fully saturated rings. The maximum absolute atomic E-state index is 8.57.